The second-order valence-corrected chi connectivity index (χ2v) is 18.6. The van der Waals surface area contributed by atoms with Crippen LogP contribution in [0.15, 0.2) is 115 Å². The van der Waals surface area contributed by atoms with Crippen LogP contribution in [0.2, 0.25) is 5.04 Å². The molecule has 0 spiro atoms. The lowest BCUT2D eigenvalue weighted by atomic mass is 9.91. The number of ether oxygens (including phenoxy) is 2. The van der Waals surface area contributed by atoms with Gasteiger partial charge >= 0.3 is 6.09 Å². The second kappa shape index (κ2) is 15.6. The van der Waals surface area contributed by atoms with Gasteiger partial charge in [-0.2, -0.15) is 15.0 Å². The van der Waals surface area contributed by atoms with Crippen molar-refractivity contribution in [2.24, 2.45) is 0 Å². The molecule has 2 heterocycles. The molecule has 1 fully saturated rings. The van der Waals surface area contributed by atoms with Crippen molar-refractivity contribution < 1.29 is 28.6 Å². The Labute approximate surface area is 311 Å². The average molecular weight is 734 g/mol. The number of β-lactam (4-membered cyclic amide) rings is 1. The van der Waals surface area contributed by atoms with Crippen LogP contribution >= 0.6 is 0 Å². The van der Waals surface area contributed by atoms with Crippen molar-refractivity contribution in [3.8, 4) is 11.5 Å². The third-order valence-corrected chi connectivity index (χ3v) is 15.1. The Morgan fingerprint density at radius 3 is 2.06 bits per heavy atom. The van der Waals surface area contributed by atoms with Gasteiger partial charge in [-0.3, -0.25) is 9.69 Å². The number of carbonyl (C=O) groups excluding carboxylic acids is 1. The maximum Gasteiger partial charge on any atom is 0.408 e. The van der Waals surface area contributed by atoms with Crippen LogP contribution in [-0.2, 0) is 28.9 Å². The van der Waals surface area contributed by atoms with Gasteiger partial charge in [-0.15, -0.1) is 0 Å². The van der Waals surface area contributed by atoms with Gasteiger partial charge in [-0.05, 0) is 40.0 Å². The number of benzene rings is 4. The lowest BCUT2D eigenvalue weighted by Gasteiger charge is -2.50. The Bertz CT molecular complexity index is 1960. The first-order valence-corrected chi connectivity index (χ1v) is 19.6. The molecule has 276 valence electrons. The highest BCUT2D eigenvalue weighted by Gasteiger charge is 2.53. The summed E-state index contributed by atoms with van der Waals surface area (Å²) in [7, 11) is 0.248. The number of hydrogen-bond acceptors (Lipinski definition) is 7. The summed E-state index contributed by atoms with van der Waals surface area (Å²) in [4.78, 5) is 31.1. The summed E-state index contributed by atoms with van der Waals surface area (Å²) < 4.78 is 18.3. The molecule has 0 aliphatic carbocycles. The van der Waals surface area contributed by atoms with Crippen LogP contribution in [0.5, 0.6) is 11.5 Å². The van der Waals surface area contributed by atoms with E-state index in [0.29, 0.717) is 17.2 Å². The van der Waals surface area contributed by atoms with Crippen molar-refractivity contribution in [1.82, 2.24) is 24.8 Å². The number of hydrogen-bond donors (Lipinski definition) is 1. The van der Waals surface area contributed by atoms with Crippen LogP contribution in [0.1, 0.15) is 50.6 Å². The molecule has 0 bridgehead atoms. The van der Waals surface area contributed by atoms with Crippen molar-refractivity contribution in [3.05, 3.63) is 132 Å². The first-order valence-electron chi connectivity index (χ1n) is 17.7. The summed E-state index contributed by atoms with van der Waals surface area (Å²) in [6, 6.07) is 34.0. The lowest BCUT2D eigenvalue weighted by molar-refractivity contribution is -0.161. The van der Waals surface area contributed by atoms with E-state index in [9.17, 15) is 14.7 Å². The Hall–Kier alpha value is -5.46. The summed E-state index contributed by atoms with van der Waals surface area (Å²) in [6.45, 7) is 9.11. The molecule has 11 nitrogen and oxygen atoms in total. The van der Waals surface area contributed by atoms with Gasteiger partial charge in [0.05, 0.1) is 39.1 Å². The summed E-state index contributed by atoms with van der Waals surface area (Å²) in [5.41, 5.74) is 2.19. The highest BCUT2D eigenvalue weighted by molar-refractivity contribution is 6.99. The molecule has 1 unspecified atom stereocenters. The van der Waals surface area contributed by atoms with Gasteiger partial charge in [-0.25, -0.2) is 4.79 Å². The molecule has 3 atom stereocenters. The molecule has 1 N–H and O–H groups in total. The Balaban J connectivity index is 1.32. The van der Waals surface area contributed by atoms with Crippen LogP contribution in [0.3, 0.4) is 0 Å². The molecule has 53 heavy (non-hydrogen) atoms. The van der Waals surface area contributed by atoms with Crippen LogP contribution in [-0.4, -0.2) is 76.5 Å². The summed E-state index contributed by atoms with van der Waals surface area (Å²) in [6.07, 6.45) is 0.0933. The molecular formula is C41H47N5O6Si. The van der Waals surface area contributed by atoms with Gasteiger partial charge in [0.15, 0.2) is 0 Å². The highest BCUT2D eigenvalue weighted by Crippen LogP contribution is 2.40. The predicted octanol–water partition coefficient (Wildman–Crippen LogP) is 5.89. The molecular weight excluding hydrogens is 687 g/mol. The van der Waals surface area contributed by atoms with Crippen LogP contribution in [0.25, 0.3) is 0 Å². The van der Waals surface area contributed by atoms with E-state index in [0.717, 1.165) is 21.5 Å². The van der Waals surface area contributed by atoms with Crippen molar-refractivity contribution in [1.29, 1.82) is 0 Å². The first-order chi connectivity index (χ1) is 25.5. The number of methoxy groups -OCH3 is 2. The maximum atomic E-state index is 13.9. The fraction of sp³-hybridized carbons (Fsp3) is 0.317. The molecule has 5 aromatic rings. The van der Waals surface area contributed by atoms with E-state index in [2.05, 4.69) is 74.4 Å². The normalized spacial score (nSPS) is 16.5. The van der Waals surface area contributed by atoms with Gasteiger partial charge in [0.2, 0.25) is 5.91 Å². The average Bonchev–Trinajstić information content (AvgIpc) is 3.65. The maximum absolute atomic E-state index is 13.9. The van der Waals surface area contributed by atoms with E-state index in [-0.39, 0.29) is 30.6 Å². The summed E-state index contributed by atoms with van der Waals surface area (Å²) in [5, 5.41) is 22.0. The Morgan fingerprint density at radius 2 is 1.51 bits per heavy atom. The van der Waals surface area contributed by atoms with Gasteiger partial charge in [0, 0.05) is 24.7 Å². The molecule has 1 saturated heterocycles. The number of carboxylic acid groups (broad SMARTS) is 1. The van der Waals surface area contributed by atoms with Crippen molar-refractivity contribution in [2.45, 2.75) is 70.6 Å². The van der Waals surface area contributed by atoms with Crippen molar-refractivity contribution in [2.75, 3.05) is 14.2 Å². The predicted molar refractivity (Wildman–Crippen MR) is 205 cm³/mol. The fourth-order valence-electron chi connectivity index (χ4n) is 7.32. The lowest BCUT2D eigenvalue weighted by Crippen LogP contribution is -2.71. The minimum atomic E-state index is -2.89. The third-order valence-electron chi connectivity index (χ3n) is 10.0. The number of amides is 2. The standard InChI is InChI=1S/C41H47N5O6Si/c1-29(52-53(41(2,3)4,33-18-12-8-13-19-33)34-20-14-9-15-21-34)35-25-42-46(43-35)28-36-38(45(40(48)49)26-30-16-10-7-11-17-30)39(47)44(36)27-31-22-23-32(50-5)24-37(31)51-6/h7-25,29,36,38H,26-28H2,1-6H3,(H,48,49)/t29?,36-,38-/m0/s1. The van der Waals surface area contributed by atoms with E-state index in [1.165, 1.54) is 4.90 Å². The van der Waals surface area contributed by atoms with Crippen LogP contribution < -0.4 is 19.8 Å². The molecule has 1 aliphatic rings. The molecule has 1 aliphatic heterocycles. The summed E-state index contributed by atoms with van der Waals surface area (Å²) in [5.74, 6) is 0.882. The molecule has 1 aromatic heterocycles. The van der Waals surface area contributed by atoms with E-state index in [4.69, 9.17) is 19.0 Å². The monoisotopic (exact) mass is 733 g/mol. The number of carbonyl (C=O) groups is 2. The zero-order valence-corrected chi connectivity index (χ0v) is 32.0. The Morgan fingerprint density at radius 1 is 0.906 bits per heavy atom. The van der Waals surface area contributed by atoms with Crippen LogP contribution in [0.4, 0.5) is 4.79 Å². The minimum Gasteiger partial charge on any atom is -0.497 e. The van der Waals surface area contributed by atoms with Gasteiger partial charge in [0.25, 0.3) is 8.32 Å². The number of nitrogens with zero attached hydrogens (tertiary/aromatic N) is 5. The third kappa shape index (κ3) is 7.55. The smallest absolute Gasteiger partial charge is 0.408 e. The molecule has 12 heteroatoms. The molecule has 6 rings (SSSR count). The number of rotatable bonds is 14. The Kier molecular flexibility index (Phi) is 11.0. The highest BCUT2D eigenvalue weighted by atomic mass is 28.4. The van der Waals surface area contributed by atoms with Crippen molar-refractivity contribution in [3.63, 3.8) is 0 Å². The van der Waals surface area contributed by atoms with Crippen LogP contribution in [0, 0.1) is 0 Å². The van der Waals surface area contributed by atoms with E-state index >= 15 is 0 Å². The quantitative estimate of drug-likeness (QED) is 0.111. The topological polar surface area (TPSA) is 119 Å². The van der Waals surface area contributed by atoms with E-state index in [1.807, 2.05) is 61.5 Å². The number of likely N-dealkylation sites (tertiary alicyclic amines) is 1. The van der Waals surface area contributed by atoms with E-state index < -0.39 is 32.6 Å². The van der Waals surface area contributed by atoms with Gasteiger partial charge in [0.1, 0.15) is 23.2 Å². The largest absolute Gasteiger partial charge is 0.497 e. The first kappa shape index (κ1) is 37.3. The zero-order valence-electron chi connectivity index (χ0n) is 31.0. The summed E-state index contributed by atoms with van der Waals surface area (Å²) >= 11 is 0. The van der Waals surface area contributed by atoms with E-state index in [1.54, 1.807) is 36.2 Å². The van der Waals surface area contributed by atoms with Crippen molar-refractivity contribution >= 4 is 30.7 Å². The molecule has 0 saturated carbocycles. The molecule has 0 radical (unpaired) electrons. The zero-order chi connectivity index (χ0) is 37.8. The number of aromatic nitrogens is 3. The second-order valence-electron chi connectivity index (χ2n) is 14.3. The van der Waals surface area contributed by atoms with Gasteiger partial charge in [-0.1, -0.05) is 112 Å². The fourth-order valence-corrected chi connectivity index (χ4v) is 12.0. The van der Waals surface area contributed by atoms with Gasteiger partial charge < -0.3 is 23.9 Å². The SMILES string of the molecule is COc1ccc(CN2C(=O)[C@@H](N(Cc3ccccc3)C(=O)O)[C@@H]2Cn2ncc(C(C)O[Si](c3ccccc3)(c3ccccc3)C(C)(C)C)n2)c(OC)c1. The molecule has 2 amide bonds. The minimum absolute atomic E-state index is 0.0594. The molecule has 4 aromatic carbocycles.